The predicted molar refractivity (Wildman–Crippen MR) is 88.9 cm³/mol. The van der Waals surface area contributed by atoms with Gasteiger partial charge in [0.1, 0.15) is 4.38 Å². The summed E-state index contributed by atoms with van der Waals surface area (Å²) in [6.07, 6.45) is 3.54. The summed E-state index contributed by atoms with van der Waals surface area (Å²) in [6, 6.07) is 6.29. The summed E-state index contributed by atoms with van der Waals surface area (Å²) in [5.41, 5.74) is 3.74. The molecule has 1 aromatic rings. The molecule has 1 N–H and O–H groups in total. The van der Waals surface area contributed by atoms with Crippen LogP contribution in [0.5, 0.6) is 0 Å². The van der Waals surface area contributed by atoms with E-state index in [4.69, 9.17) is 0 Å². The lowest BCUT2D eigenvalue weighted by molar-refractivity contribution is -0.115. The molecular weight excluding hydrogens is 288 g/mol. The van der Waals surface area contributed by atoms with Crippen LogP contribution in [0.15, 0.2) is 23.2 Å². The van der Waals surface area contributed by atoms with Gasteiger partial charge in [0.25, 0.3) is 0 Å². The van der Waals surface area contributed by atoms with Crippen LogP contribution in [-0.4, -0.2) is 27.8 Å². The highest BCUT2D eigenvalue weighted by molar-refractivity contribution is 8.39. The van der Waals surface area contributed by atoms with E-state index < -0.39 is 0 Å². The van der Waals surface area contributed by atoms with Gasteiger partial charge in [0.2, 0.25) is 5.91 Å². The molecule has 0 radical (unpaired) electrons. The molecule has 1 aliphatic carbocycles. The SMILES string of the molecule is C[C@@H](SC1=NCCS1)C(=O)Nc1ccc2c(c1)CCC2. The minimum absolute atomic E-state index is 0.0585. The Morgan fingerprint density at radius 3 is 3.05 bits per heavy atom. The van der Waals surface area contributed by atoms with Crippen LogP contribution >= 0.6 is 23.5 Å². The van der Waals surface area contributed by atoms with Crippen molar-refractivity contribution in [1.82, 2.24) is 0 Å². The Kier molecular flexibility index (Phi) is 4.36. The fourth-order valence-electron chi connectivity index (χ4n) is 2.49. The van der Waals surface area contributed by atoms with Crippen LogP contribution in [0.2, 0.25) is 0 Å². The zero-order chi connectivity index (χ0) is 13.9. The van der Waals surface area contributed by atoms with Crippen molar-refractivity contribution in [2.45, 2.75) is 31.4 Å². The normalized spacial score (nSPS) is 18.6. The Morgan fingerprint density at radius 2 is 2.25 bits per heavy atom. The first-order valence-corrected chi connectivity index (χ1v) is 8.85. The van der Waals surface area contributed by atoms with Gasteiger partial charge in [-0.05, 0) is 49.4 Å². The molecule has 0 bridgehead atoms. The molecule has 0 spiro atoms. The number of aryl methyl sites for hydroxylation is 2. The quantitative estimate of drug-likeness (QED) is 0.931. The molecule has 0 fully saturated rings. The number of benzene rings is 1. The van der Waals surface area contributed by atoms with Gasteiger partial charge in [-0.1, -0.05) is 29.6 Å². The van der Waals surface area contributed by atoms with Crippen molar-refractivity contribution in [2.75, 3.05) is 17.6 Å². The van der Waals surface area contributed by atoms with Crippen LogP contribution in [-0.2, 0) is 17.6 Å². The first kappa shape index (κ1) is 14.0. The third-order valence-electron chi connectivity index (χ3n) is 3.57. The molecule has 1 aliphatic heterocycles. The molecule has 1 aromatic carbocycles. The van der Waals surface area contributed by atoms with Crippen molar-refractivity contribution in [3.05, 3.63) is 29.3 Å². The molecule has 2 aliphatic rings. The summed E-state index contributed by atoms with van der Waals surface area (Å²) in [6.45, 7) is 2.82. The fourth-order valence-corrected chi connectivity index (χ4v) is 4.61. The van der Waals surface area contributed by atoms with Gasteiger partial charge in [-0.2, -0.15) is 0 Å². The van der Waals surface area contributed by atoms with Gasteiger partial charge < -0.3 is 5.32 Å². The van der Waals surface area contributed by atoms with Gasteiger partial charge in [0.05, 0.1) is 11.8 Å². The Hall–Kier alpha value is -0.940. The molecular formula is C15H18N2OS2. The maximum Gasteiger partial charge on any atom is 0.237 e. The van der Waals surface area contributed by atoms with Crippen LogP contribution in [0, 0.1) is 0 Å². The second-order valence-corrected chi connectivity index (χ2v) is 7.75. The summed E-state index contributed by atoms with van der Waals surface area (Å²) >= 11 is 3.30. The zero-order valence-electron chi connectivity index (χ0n) is 11.5. The van der Waals surface area contributed by atoms with E-state index in [0.29, 0.717) is 0 Å². The monoisotopic (exact) mass is 306 g/mol. The van der Waals surface area contributed by atoms with E-state index in [-0.39, 0.29) is 11.2 Å². The lowest BCUT2D eigenvalue weighted by atomic mass is 10.1. The second kappa shape index (κ2) is 6.22. The number of nitrogens with one attached hydrogen (secondary N) is 1. The summed E-state index contributed by atoms with van der Waals surface area (Å²) < 4.78 is 1.04. The van der Waals surface area contributed by atoms with Gasteiger partial charge in [-0.15, -0.1) is 0 Å². The number of rotatable bonds is 3. The largest absolute Gasteiger partial charge is 0.325 e. The van der Waals surface area contributed by atoms with Crippen LogP contribution in [0.4, 0.5) is 5.69 Å². The van der Waals surface area contributed by atoms with Crippen molar-refractivity contribution in [3.63, 3.8) is 0 Å². The van der Waals surface area contributed by atoms with Crippen LogP contribution in [0.1, 0.15) is 24.5 Å². The van der Waals surface area contributed by atoms with Crippen LogP contribution in [0.25, 0.3) is 0 Å². The average molecular weight is 306 g/mol. The van der Waals surface area contributed by atoms with Crippen LogP contribution in [0.3, 0.4) is 0 Å². The zero-order valence-corrected chi connectivity index (χ0v) is 13.1. The molecule has 3 rings (SSSR count). The predicted octanol–water partition coefficient (Wildman–Crippen LogP) is 3.34. The smallest absolute Gasteiger partial charge is 0.237 e. The number of anilines is 1. The van der Waals surface area contributed by atoms with Gasteiger partial charge in [0, 0.05) is 11.4 Å². The van der Waals surface area contributed by atoms with Crippen molar-refractivity contribution in [2.24, 2.45) is 4.99 Å². The second-order valence-electron chi connectivity index (χ2n) is 5.08. The molecule has 3 nitrogen and oxygen atoms in total. The van der Waals surface area contributed by atoms with Gasteiger partial charge in [-0.25, -0.2) is 0 Å². The van der Waals surface area contributed by atoms with Crippen molar-refractivity contribution < 1.29 is 4.79 Å². The maximum atomic E-state index is 12.2. The Labute approximate surface area is 128 Å². The Bertz CT molecular complexity index is 557. The van der Waals surface area contributed by atoms with E-state index in [2.05, 4.69) is 22.4 Å². The minimum atomic E-state index is -0.104. The number of carbonyl (C=O) groups is 1. The molecule has 1 atom stereocenters. The number of thioether (sulfide) groups is 2. The number of carbonyl (C=O) groups excluding carboxylic acids is 1. The van der Waals surface area contributed by atoms with Crippen molar-refractivity contribution in [1.29, 1.82) is 0 Å². The summed E-state index contributed by atoms with van der Waals surface area (Å²) in [5, 5.41) is 2.92. The van der Waals surface area contributed by atoms with Crippen LogP contribution < -0.4 is 5.32 Å². The maximum absolute atomic E-state index is 12.2. The highest BCUT2D eigenvalue weighted by atomic mass is 32.2. The first-order valence-electron chi connectivity index (χ1n) is 6.99. The Morgan fingerprint density at radius 1 is 1.40 bits per heavy atom. The molecule has 0 unspecified atom stereocenters. The summed E-state index contributed by atoms with van der Waals surface area (Å²) in [5.74, 6) is 1.10. The number of fused-ring (bicyclic) bond motifs is 1. The van der Waals surface area contributed by atoms with E-state index in [1.807, 2.05) is 13.0 Å². The number of hydrogen-bond donors (Lipinski definition) is 1. The number of amides is 1. The standard InChI is InChI=1S/C15H18N2OS2/c1-10(20-15-16-7-8-19-15)14(18)17-13-6-5-11-3-2-4-12(11)9-13/h5-6,9-10H,2-4,7-8H2,1H3,(H,17,18)/t10-/m1/s1. The third-order valence-corrected chi connectivity index (χ3v) is 5.87. The van der Waals surface area contributed by atoms with Crippen molar-refractivity contribution in [3.8, 4) is 0 Å². The first-order chi connectivity index (χ1) is 9.72. The summed E-state index contributed by atoms with van der Waals surface area (Å²) in [4.78, 5) is 16.6. The van der Waals surface area contributed by atoms with E-state index >= 15 is 0 Å². The average Bonchev–Trinajstić information content (AvgIpc) is 3.08. The van der Waals surface area contributed by atoms with Gasteiger partial charge in [-0.3, -0.25) is 9.79 Å². The molecule has 106 valence electrons. The molecule has 0 saturated heterocycles. The number of aliphatic imine (C=N–C) groups is 1. The third kappa shape index (κ3) is 3.20. The van der Waals surface area contributed by atoms with E-state index in [1.54, 1.807) is 23.5 Å². The molecule has 20 heavy (non-hydrogen) atoms. The lowest BCUT2D eigenvalue weighted by Crippen LogP contribution is -2.23. The van der Waals surface area contributed by atoms with E-state index in [1.165, 1.54) is 24.0 Å². The molecule has 0 saturated carbocycles. The van der Waals surface area contributed by atoms with Gasteiger partial charge in [0.15, 0.2) is 0 Å². The minimum Gasteiger partial charge on any atom is -0.325 e. The molecule has 5 heteroatoms. The molecule has 0 aromatic heterocycles. The lowest BCUT2D eigenvalue weighted by Gasteiger charge is -2.12. The Balaban J connectivity index is 1.60. The highest BCUT2D eigenvalue weighted by Crippen LogP contribution is 2.28. The van der Waals surface area contributed by atoms with Crippen molar-refractivity contribution >= 4 is 39.5 Å². The van der Waals surface area contributed by atoms with E-state index in [0.717, 1.165) is 28.8 Å². The fraction of sp³-hybridized carbons (Fsp3) is 0.467. The van der Waals surface area contributed by atoms with E-state index in [9.17, 15) is 4.79 Å². The molecule has 1 heterocycles. The number of nitrogens with zero attached hydrogens (tertiary/aromatic N) is 1. The topological polar surface area (TPSA) is 41.5 Å². The highest BCUT2D eigenvalue weighted by Gasteiger charge is 2.19. The molecule has 1 amide bonds. The summed E-state index contributed by atoms with van der Waals surface area (Å²) in [7, 11) is 0. The number of hydrogen-bond acceptors (Lipinski definition) is 4. The van der Waals surface area contributed by atoms with Gasteiger partial charge >= 0.3 is 0 Å².